The predicted molar refractivity (Wildman–Crippen MR) is 188 cm³/mol. The Morgan fingerprint density at radius 2 is 1.04 bits per heavy atom. The fraction of sp³-hybridized carbons (Fsp3) is 1.00. The largest absolute Gasteiger partial charge is 0.390 e. The molecular formula is C39H69FN6O. The highest BCUT2D eigenvalue weighted by molar-refractivity contribution is 5.14. The number of β-amino-alcohol motifs (C(OH)–C–C–N with tert-alkyl or cyclic N) is 1. The molecular weight excluding hydrogens is 587 g/mol. The Bertz CT molecular complexity index is 1110. The van der Waals surface area contributed by atoms with E-state index in [0.29, 0.717) is 36.0 Å². The molecule has 0 aromatic carbocycles. The summed E-state index contributed by atoms with van der Waals surface area (Å²) in [6.45, 7) is 28.4. The van der Waals surface area contributed by atoms with Crippen LogP contribution in [0.5, 0.6) is 0 Å². The third-order valence-corrected chi connectivity index (χ3v) is 15.7. The molecule has 1 atom stereocenters. The first-order valence-electron chi connectivity index (χ1n) is 19.9. The Balaban J connectivity index is 0.858. The molecule has 2 spiro atoms. The Hall–Kier alpha value is -0.350. The average Bonchev–Trinajstić information content (AvgIpc) is 2.88. The molecule has 6 saturated heterocycles. The second kappa shape index (κ2) is 11.8. The highest BCUT2D eigenvalue weighted by Gasteiger charge is 2.59. The fourth-order valence-corrected chi connectivity index (χ4v) is 11.6. The Labute approximate surface area is 286 Å². The van der Waals surface area contributed by atoms with E-state index in [1.807, 2.05) is 0 Å². The van der Waals surface area contributed by atoms with Gasteiger partial charge in [0.2, 0.25) is 0 Å². The van der Waals surface area contributed by atoms with Crippen LogP contribution in [0.3, 0.4) is 0 Å². The second-order valence-corrected chi connectivity index (χ2v) is 20.4. The van der Waals surface area contributed by atoms with Crippen LogP contribution in [0.4, 0.5) is 4.39 Å². The minimum atomic E-state index is -0.579. The van der Waals surface area contributed by atoms with E-state index in [4.69, 9.17) is 0 Å². The van der Waals surface area contributed by atoms with Gasteiger partial charge in [0, 0.05) is 113 Å². The van der Waals surface area contributed by atoms with Gasteiger partial charge >= 0.3 is 0 Å². The highest BCUT2D eigenvalue weighted by Crippen LogP contribution is 2.56. The summed E-state index contributed by atoms with van der Waals surface area (Å²) < 4.78 is 13.5. The SMILES string of the molecule is CC1CN(C2CC3(C2)CN(C(C)(C)CCC(C)(CCC(C)(C)N2CCC(N4CC(O)C4)CC2)N2CC4(CC(N5CC(F)C5)C4)C2)C3)C1. The molecule has 8 aliphatic rings. The summed E-state index contributed by atoms with van der Waals surface area (Å²) in [5.41, 5.74) is 1.83. The van der Waals surface area contributed by atoms with Gasteiger partial charge < -0.3 is 5.11 Å². The van der Waals surface area contributed by atoms with Crippen LogP contribution in [0.25, 0.3) is 0 Å². The molecule has 7 nitrogen and oxygen atoms in total. The predicted octanol–water partition coefficient (Wildman–Crippen LogP) is 4.54. The summed E-state index contributed by atoms with van der Waals surface area (Å²) >= 11 is 0. The maximum atomic E-state index is 13.5. The standard InChI is InChI=1S/C39H69FN6O/c1-29-19-41(20-29)32-15-38(16-32)25-45(26-38)36(4,5)10-12-37(6,46-27-39(28-46)17-33(18-39)42-21-30(40)22-42)11-9-35(2,3)44-13-7-31(8-14-44)43-23-34(47)24-43/h29-34,47H,7-28H2,1-6H3. The molecule has 0 aromatic heterocycles. The lowest BCUT2D eigenvalue weighted by atomic mass is 9.58. The van der Waals surface area contributed by atoms with Gasteiger partial charge in [-0.2, -0.15) is 0 Å². The maximum absolute atomic E-state index is 13.5. The van der Waals surface area contributed by atoms with E-state index in [0.717, 1.165) is 25.0 Å². The molecule has 6 aliphatic heterocycles. The van der Waals surface area contributed by atoms with Crippen LogP contribution in [0.15, 0.2) is 0 Å². The molecule has 2 aliphatic carbocycles. The van der Waals surface area contributed by atoms with Crippen LogP contribution in [0.1, 0.15) is 106 Å². The third kappa shape index (κ3) is 6.28. The first kappa shape index (κ1) is 33.8. The first-order chi connectivity index (χ1) is 22.1. The van der Waals surface area contributed by atoms with Crippen LogP contribution in [-0.4, -0.2) is 160 Å². The molecule has 6 heterocycles. The average molecular weight is 657 g/mol. The van der Waals surface area contributed by atoms with Gasteiger partial charge in [-0.05, 0) is 116 Å². The van der Waals surface area contributed by atoms with Crippen molar-refractivity contribution in [3.05, 3.63) is 0 Å². The van der Waals surface area contributed by atoms with Crippen LogP contribution in [-0.2, 0) is 0 Å². The van der Waals surface area contributed by atoms with E-state index in [2.05, 4.69) is 70.9 Å². The topological polar surface area (TPSA) is 39.7 Å². The van der Waals surface area contributed by atoms with E-state index < -0.39 is 6.17 Å². The maximum Gasteiger partial charge on any atom is 0.125 e. The lowest BCUT2D eigenvalue weighted by Gasteiger charge is -2.67. The van der Waals surface area contributed by atoms with Gasteiger partial charge in [0.1, 0.15) is 6.17 Å². The molecule has 1 unspecified atom stereocenters. The minimum absolute atomic E-state index is 0.0938. The van der Waals surface area contributed by atoms with Crippen molar-refractivity contribution < 1.29 is 9.50 Å². The number of nitrogens with zero attached hydrogens (tertiary/aromatic N) is 6. The van der Waals surface area contributed by atoms with Crippen molar-refractivity contribution in [2.45, 2.75) is 153 Å². The van der Waals surface area contributed by atoms with Crippen molar-refractivity contribution in [1.29, 1.82) is 0 Å². The van der Waals surface area contributed by atoms with Crippen molar-refractivity contribution in [3.63, 3.8) is 0 Å². The summed E-state index contributed by atoms with van der Waals surface area (Å²) in [4.78, 5) is 16.2. The second-order valence-electron chi connectivity index (χ2n) is 20.4. The lowest BCUT2D eigenvalue weighted by molar-refractivity contribution is -0.172. The Kier molecular flexibility index (Phi) is 8.51. The number of piperidine rings is 1. The fourth-order valence-electron chi connectivity index (χ4n) is 11.6. The quantitative estimate of drug-likeness (QED) is 0.331. The number of aliphatic hydroxyl groups is 1. The summed E-state index contributed by atoms with van der Waals surface area (Å²) in [7, 11) is 0. The molecule has 47 heavy (non-hydrogen) atoms. The van der Waals surface area contributed by atoms with E-state index in [1.54, 1.807) is 0 Å². The summed E-state index contributed by atoms with van der Waals surface area (Å²) in [5.74, 6) is 0.915. The number of hydrogen-bond acceptors (Lipinski definition) is 7. The zero-order chi connectivity index (χ0) is 33.0. The first-order valence-corrected chi connectivity index (χ1v) is 19.9. The monoisotopic (exact) mass is 657 g/mol. The van der Waals surface area contributed by atoms with Gasteiger partial charge in [0.15, 0.2) is 0 Å². The smallest absolute Gasteiger partial charge is 0.125 e. The Morgan fingerprint density at radius 1 is 0.596 bits per heavy atom. The number of likely N-dealkylation sites (tertiary alicyclic amines) is 6. The van der Waals surface area contributed by atoms with Gasteiger partial charge in [-0.15, -0.1) is 0 Å². The van der Waals surface area contributed by atoms with Gasteiger partial charge in [-0.25, -0.2) is 4.39 Å². The number of alkyl halides is 1. The van der Waals surface area contributed by atoms with Crippen molar-refractivity contribution in [3.8, 4) is 0 Å². The van der Waals surface area contributed by atoms with Gasteiger partial charge in [-0.1, -0.05) is 6.92 Å². The van der Waals surface area contributed by atoms with Gasteiger partial charge in [-0.3, -0.25) is 29.4 Å². The molecule has 8 rings (SSSR count). The highest BCUT2D eigenvalue weighted by atomic mass is 19.1. The number of hydrogen-bond donors (Lipinski definition) is 1. The summed E-state index contributed by atoms with van der Waals surface area (Å²) in [6.07, 6.45) is 12.3. The van der Waals surface area contributed by atoms with Crippen molar-refractivity contribution in [2.75, 3.05) is 78.5 Å². The molecule has 0 radical (unpaired) electrons. The van der Waals surface area contributed by atoms with E-state index in [9.17, 15) is 9.50 Å². The normalized spacial score (nSPS) is 32.7. The summed E-state index contributed by atoms with van der Waals surface area (Å²) in [5, 5.41) is 9.81. The molecule has 1 N–H and O–H groups in total. The van der Waals surface area contributed by atoms with Gasteiger partial charge in [0.05, 0.1) is 6.10 Å². The molecule has 0 amide bonds. The number of halogens is 1. The molecule has 8 heteroatoms. The van der Waals surface area contributed by atoms with E-state index >= 15 is 0 Å². The van der Waals surface area contributed by atoms with Crippen molar-refractivity contribution in [2.24, 2.45) is 16.7 Å². The molecule has 8 fully saturated rings. The van der Waals surface area contributed by atoms with E-state index in [-0.39, 0.29) is 22.7 Å². The van der Waals surface area contributed by atoms with Crippen LogP contribution in [0, 0.1) is 16.7 Å². The Morgan fingerprint density at radius 3 is 1.51 bits per heavy atom. The third-order valence-electron chi connectivity index (χ3n) is 15.7. The molecule has 2 saturated carbocycles. The van der Waals surface area contributed by atoms with Crippen molar-refractivity contribution in [1.82, 2.24) is 29.4 Å². The molecule has 268 valence electrons. The van der Waals surface area contributed by atoms with Crippen molar-refractivity contribution >= 4 is 0 Å². The van der Waals surface area contributed by atoms with Crippen LogP contribution in [0.2, 0.25) is 0 Å². The molecule has 0 bridgehead atoms. The lowest BCUT2D eigenvalue weighted by Crippen LogP contribution is -2.73. The number of rotatable bonds is 12. The zero-order valence-electron chi connectivity index (χ0n) is 31.0. The molecule has 0 aromatic rings. The zero-order valence-corrected chi connectivity index (χ0v) is 31.0. The number of aliphatic hydroxyl groups excluding tert-OH is 1. The van der Waals surface area contributed by atoms with Gasteiger partial charge in [0.25, 0.3) is 0 Å². The minimum Gasteiger partial charge on any atom is -0.390 e. The summed E-state index contributed by atoms with van der Waals surface area (Å²) in [6, 6.07) is 2.19. The van der Waals surface area contributed by atoms with Crippen LogP contribution < -0.4 is 0 Å². The van der Waals surface area contributed by atoms with E-state index in [1.165, 1.54) is 117 Å². The van der Waals surface area contributed by atoms with Crippen LogP contribution >= 0.6 is 0 Å².